The van der Waals surface area contributed by atoms with E-state index in [-0.39, 0.29) is 23.9 Å². The number of aryl methyl sites for hydroxylation is 2. The first-order valence-corrected chi connectivity index (χ1v) is 12.7. The van der Waals surface area contributed by atoms with E-state index < -0.39 is 5.97 Å². The van der Waals surface area contributed by atoms with Crippen molar-refractivity contribution in [3.8, 4) is 22.1 Å². The molecule has 8 heteroatoms. The van der Waals surface area contributed by atoms with Gasteiger partial charge in [-0.05, 0) is 37.6 Å². The highest BCUT2D eigenvalue weighted by Gasteiger charge is 2.30. The van der Waals surface area contributed by atoms with Crippen molar-refractivity contribution in [2.75, 3.05) is 13.7 Å². The van der Waals surface area contributed by atoms with Crippen LogP contribution in [0.2, 0.25) is 0 Å². The molecule has 1 aromatic heterocycles. The molecule has 0 saturated heterocycles. The summed E-state index contributed by atoms with van der Waals surface area (Å²) < 4.78 is 11.3. The van der Waals surface area contributed by atoms with Gasteiger partial charge in [-0.2, -0.15) is 0 Å². The lowest BCUT2D eigenvalue weighted by atomic mass is 9.91. The SMILES string of the molecule is COc1ccc(C2COc3c(C(=O)O)cccc32)cc1CNC(=O)c1sc(-c2ccc(C)cc2)nc1C. The second-order valence-electron chi connectivity index (χ2n) is 8.95. The number of carbonyl (C=O) groups excluding carboxylic acids is 1. The Morgan fingerprint density at radius 3 is 2.65 bits per heavy atom. The lowest BCUT2D eigenvalue weighted by Gasteiger charge is -2.15. The van der Waals surface area contributed by atoms with Gasteiger partial charge in [0.15, 0.2) is 0 Å². The molecule has 1 aliphatic rings. The number of carbonyl (C=O) groups is 2. The molecule has 0 aliphatic carbocycles. The maximum absolute atomic E-state index is 13.1. The quantitative estimate of drug-likeness (QED) is 0.334. The molecule has 37 heavy (non-hydrogen) atoms. The summed E-state index contributed by atoms with van der Waals surface area (Å²) in [4.78, 5) is 29.9. The number of thiazole rings is 1. The van der Waals surface area contributed by atoms with Gasteiger partial charge in [0.1, 0.15) is 26.9 Å². The molecule has 0 fully saturated rings. The molecular formula is C29H26N2O5S. The van der Waals surface area contributed by atoms with Crippen LogP contribution in [0.25, 0.3) is 10.6 Å². The van der Waals surface area contributed by atoms with Gasteiger partial charge in [0.2, 0.25) is 0 Å². The average molecular weight is 515 g/mol. The summed E-state index contributed by atoms with van der Waals surface area (Å²) >= 11 is 1.37. The van der Waals surface area contributed by atoms with Crippen LogP contribution in [-0.2, 0) is 6.54 Å². The summed E-state index contributed by atoms with van der Waals surface area (Å²) in [5.41, 5.74) is 5.61. The Balaban J connectivity index is 1.36. The van der Waals surface area contributed by atoms with Crippen molar-refractivity contribution in [1.29, 1.82) is 0 Å². The standard InChI is InChI=1S/C29H26N2O5S/c1-16-7-9-18(10-8-16)28-31-17(2)26(37-28)27(32)30-14-20-13-19(11-12-24(20)35-3)23-15-36-25-21(23)5-4-6-22(25)29(33)34/h4-13,23H,14-15H2,1-3H3,(H,30,32)(H,33,34). The minimum absolute atomic E-state index is 0.115. The fourth-order valence-corrected chi connectivity index (χ4v) is 5.51. The predicted octanol–water partition coefficient (Wildman–Crippen LogP) is 5.59. The Morgan fingerprint density at radius 1 is 1.14 bits per heavy atom. The fraction of sp³-hybridized carbons (Fsp3) is 0.207. The van der Waals surface area contributed by atoms with Crippen molar-refractivity contribution < 1.29 is 24.2 Å². The molecule has 0 bridgehead atoms. The molecule has 2 N–H and O–H groups in total. The molecule has 1 amide bonds. The van der Waals surface area contributed by atoms with Gasteiger partial charge in [0.25, 0.3) is 5.91 Å². The van der Waals surface area contributed by atoms with Crippen LogP contribution in [0.3, 0.4) is 0 Å². The number of fused-ring (bicyclic) bond motifs is 1. The topological polar surface area (TPSA) is 97.8 Å². The first-order chi connectivity index (χ1) is 17.9. The van der Waals surface area contributed by atoms with Crippen LogP contribution in [0.1, 0.15) is 53.9 Å². The van der Waals surface area contributed by atoms with Crippen molar-refractivity contribution in [3.63, 3.8) is 0 Å². The molecule has 0 radical (unpaired) electrons. The first-order valence-electron chi connectivity index (χ1n) is 11.8. The molecule has 188 valence electrons. The van der Waals surface area contributed by atoms with Gasteiger partial charge in [-0.25, -0.2) is 9.78 Å². The van der Waals surface area contributed by atoms with Gasteiger partial charge in [0.05, 0.1) is 19.4 Å². The number of ether oxygens (including phenoxy) is 2. The van der Waals surface area contributed by atoms with Crippen molar-refractivity contribution >= 4 is 23.2 Å². The zero-order valence-electron chi connectivity index (χ0n) is 20.7. The van der Waals surface area contributed by atoms with E-state index in [9.17, 15) is 14.7 Å². The molecule has 0 spiro atoms. The monoisotopic (exact) mass is 514 g/mol. The third-order valence-electron chi connectivity index (χ3n) is 6.49. The fourth-order valence-electron chi connectivity index (χ4n) is 4.53. The van der Waals surface area contributed by atoms with Crippen LogP contribution in [0, 0.1) is 13.8 Å². The number of carboxylic acid groups (broad SMARTS) is 1. The van der Waals surface area contributed by atoms with Gasteiger partial charge < -0.3 is 19.9 Å². The lowest BCUT2D eigenvalue weighted by Crippen LogP contribution is -2.23. The Morgan fingerprint density at radius 2 is 1.92 bits per heavy atom. The number of hydrogen-bond acceptors (Lipinski definition) is 6. The van der Waals surface area contributed by atoms with E-state index >= 15 is 0 Å². The zero-order chi connectivity index (χ0) is 26.1. The van der Waals surface area contributed by atoms with E-state index in [0.717, 1.165) is 27.3 Å². The van der Waals surface area contributed by atoms with Gasteiger partial charge >= 0.3 is 5.97 Å². The van der Waals surface area contributed by atoms with Gasteiger partial charge in [-0.3, -0.25) is 4.79 Å². The summed E-state index contributed by atoms with van der Waals surface area (Å²) in [6, 6.07) is 19.0. The third kappa shape index (κ3) is 4.80. The van der Waals surface area contributed by atoms with Crippen LogP contribution in [-0.4, -0.2) is 35.7 Å². The molecule has 2 heterocycles. The molecule has 0 saturated carbocycles. The molecule has 3 aromatic carbocycles. The van der Waals surface area contributed by atoms with Crippen LogP contribution in [0.4, 0.5) is 0 Å². The van der Waals surface area contributed by atoms with Gasteiger partial charge in [-0.15, -0.1) is 11.3 Å². The van der Waals surface area contributed by atoms with Gasteiger partial charge in [0, 0.05) is 29.2 Å². The number of methoxy groups -OCH3 is 1. The zero-order valence-corrected chi connectivity index (χ0v) is 21.5. The second-order valence-corrected chi connectivity index (χ2v) is 9.95. The van der Waals surface area contributed by atoms with Crippen molar-refractivity contribution in [2.45, 2.75) is 26.3 Å². The number of benzene rings is 3. The number of aromatic carboxylic acids is 1. The molecule has 1 aliphatic heterocycles. The predicted molar refractivity (Wildman–Crippen MR) is 142 cm³/mol. The number of para-hydroxylation sites is 1. The van der Waals surface area contributed by atoms with Crippen LogP contribution in [0.5, 0.6) is 11.5 Å². The van der Waals surface area contributed by atoms with E-state index in [1.165, 1.54) is 16.9 Å². The Hall–Kier alpha value is -4.17. The summed E-state index contributed by atoms with van der Waals surface area (Å²) in [6.07, 6.45) is 0. The molecule has 4 aromatic rings. The highest BCUT2D eigenvalue weighted by Crippen LogP contribution is 2.41. The van der Waals surface area contributed by atoms with Crippen LogP contribution < -0.4 is 14.8 Å². The largest absolute Gasteiger partial charge is 0.496 e. The van der Waals surface area contributed by atoms with E-state index in [2.05, 4.69) is 10.3 Å². The summed E-state index contributed by atoms with van der Waals surface area (Å²) in [6.45, 7) is 4.49. The first kappa shape index (κ1) is 24.5. The maximum atomic E-state index is 13.1. The van der Waals surface area contributed by atoms with E-state index in [4.69, 9.17) is 9.47 Å². The second kappa shape index (κ2) is 10.1. The summed E-state index contributed by atoms with van der Waals surface area (Å²) in [5.74, 6) is -0.254. The highest BCUT2D eigenvalue weighted by atomic mass is 32.1. The van der Waals surface area contributed by atoms with Gasteiger partial charge in [-0.1, -0.05) is 48.0 Å². The number of carboxylic acids is 1. The average Bonchev–Trinajstić information content (AvgIpc) is 3.51. The van der Waals surface area contributed by atoms with Crippen LogP contribution in [0.15, 0.2) is 60.7 Å². The lowest BCUT2D eigenvalue weighted by molar-refractivity contribution is 0.0693. The molecular weight excluding hydrogens is 488 g/mol. The van der Waals surface area contributed by atoms with E-state index in [1.807, 2.05) is 62.4 Å². The maximum Gasteiger partial charge on any atom is 0.339 e. The number of nitrogens with zero attached hydrogens (tertiary/aromatic N) is 1. The Kier molecular flexibility index (Phi) is 6.67. The highest BCUT2D eigenvalue weighted by molar-refractivity contribution is 7.17. The number of nitrogens with one attached hydrogen (secondary N) is 1. The molecule has 7 nitrogen and oxygen atoms in total. The number of aromatic nitrogens is 1. The minimum atomic E-state index is -1.01. The molecule has 1 unspecified atom stereocenters. The Bertz CT molecular complexity index is 1490. The van der Waals surface area contributed by atoms with E-state index in [1.54, 1.807) is 19.2 Å². The van der Waals surface area contributed by atoms with Crippen molar-refractivity contribution in [3.05, 3.63) is 99.1 Å². The van der Waals surface area contributed by atoms with Crippen molar-refractivity contribution in [2.24, 2.45) is 0 Å². The van der Waals surface area contributed by atoms with Crippen LogP contribution >= 0.6 is 11.3 Å². The summed E-state index contributed by atoms with van der Waals surface area (Å²) in [5, 5.41) is 13.3. The number of rotatable bonds is 7. The molecule has 5 rings (SSSR count). The van der Waals surface area contributed by atoms with Crippen molar-refractivity contribution in [1.82, 2.24) is 10.3 Å². The normalized spacial score (nSPS) is 14.1. The number of hydrogen-bond donors (Lipinski definition) is 2. The third-order valence-corrected chi connectivity index (χ3v) is 7.70. The minimum Gasteiger partial charge on any atom is -0.496 e. The van der Waals surface area contributed by atoms with E-state index in [0.29, 0.717) is 28.7 Å². The smallest absolute Gasteiger partial charge is 0.339 e. The molecule has 1 atom stereocenters. The Labute approximate surface area is 218 Å². The number of amides is 1. The summed E-state index contributed by atoms with van der Waals surface area (Å²) in [7, 11) is 1.59.